The van der Waals surface area contributed by atoms with Crippen LogP contribution in [0.25, 0.3) is 0 Å². The van der Waals surface area contributed by atoms with E-state index in [0.29, 0.717) is 11.3 Å². The lowest BCUT2D eigenvalue weighted by molar-refractivity contribution is -0.137. The number of benzene rings is 2. The molecule has 0 radical (unpaired) electrons. The lowest BCUT2D eigenvalue weighted by Crippen LogP contribution is -2.19. The van der Waals surface area contributed by atoms with Crippen LogP contribution in [0.2, 0.25) is 0 Å². The molecule has 6 nitrogen and oxygen atoms in total. The summed E-state index contributed by atoms with van der Waals surface area (Å²) in [6.07, 6.45) is -4.48. The van der Waals surface area contributed by atoms with E-state index in [0.717, 1.165) is 24.3 Å². The molecule has 0 fully saturated rings. The second kappa shape index (κ2) is 7.98. The van der Waals surface area contributed by atoms with E-state index in [-0.39, 0.29) is 22.8 Å². The summed E-state index contributed by atoms with van der Waals surface area (Å²) in [6.45, 7) is 1.54. The van der Waals surface area contributed by atoms with Crippen LogP contribution in [0.3, 0.4) is 0 Å². The van der Waals surface area contributed by atoms with E-state index in [4.69, 9.17) is 9.47 Å². The minimum atomic E-state index is -4.48. The monoisotopic (exact) mass is 382 g/mol. The van der Waals surface area contributed by atoms with Crippen LogP contribution in [0, 0.1) is 0 Å². The molecule has 0 spiro atoms. The number of carbonyl (C=O) groups excluding carboxylic acids is 1. The number of phenols is 1. The normalized spacial score (nSPS) is 11.9. The number of carbonyl (C=O) groups is 1. The predicted molar refractivity (Wildman–Crippen MR) is 92.3 cm³/mol. The van der Waals surface area contributed by atoms with Gasteiger partial charge in [-0.2, -0.15) is 18.3 Å². The molecule has 2 rings (SSSR count). The third kappa shape index (κ3) is 4.49. The second-order valence-electron chi connectivity index (χ2n) is 5.41. The molecular formula is C18H17F3N2O4. The largest absolute Gasteiger partial charge is 0.504 e. The summed E-state index contributed by atoms with van der Waals surface area (Å²) < 4.78 is 47.8. The number of amides is 1. The molecule has 0 unspecified atom stereocenters. The maximum Gasteiger partial charge on any atom is 0.416 e. The highest BCUT2D eigenvalue weighted by Gasteiger charge is 2.30. The van der Waals surface area contributed by atoms with Crippen molar-refractivity contribution in [2.75, 3.05) is 14.2 Å². The molecule has 9 heteroatoms. The van der Waals surface area contributed by atoms with Crippen LogP contribution in [-0.2, 0) is 6.18 Å². The minimum Gasteiger partial charge on any atom is -0.504 e. The second-order valence-corrected chi connectivity index (χ2v) is 5.41. The van der Waals surface area contributed by atoms with Crippen LogP contribution in [0.1, 0.15) is 28.4 Å². The van der Waals surface area contributed by atoms with Crippen molar-refractivity contribution in [3.63, 3.8) is 0 Å². The Morgan fingerprint density at radius 3 is 2.22 bits per heavy atom. The Labute approximate surface area is 153 Å². The van der Waals surface area contributed by atoms with Gasteiger partial charge >= 0.3 is 6.18 Å². The Kier molecular flexibility index (Phi) is 5.94. The first-order chi connectivity index (χ1) is 12.7. The average Bonchev–Trinajstić information content (AvgIpc) is 2.64. The van der Waals surface area contributed by atoms with Crippen molar-refractivity contribution in [2.24, 2.45) is 5.10 Å². The van der Waals surface area contributed by atoms with Crippen molar-refractivity contribution in [3.05, 3.63) is 53.1 Å². The van der Waals surface area contributed by atoms with Crippen molar-refractivity contribution in [1.29, 1.82) is 0 Å². The number of phenolic OH excluding ortho intramolecular Hbond substituents is 1. The number of ether oxygens (including phenoxy) is 2. The topological polar surface area (TPSA) is 80.2 Å². The van der Waals surface area contributed by atoms with Gasteiger partial charge in [0.25, 0.3) is 5.91 Å². The van der Waals surface area contributed by atoms with Gasteiger partial charge in [-0.25, -0.2) is 5.43 Å². The molecule has 1 amide bonds. The van der Waals surface area contributed by atoms with Crippen LogP contribution in [-0.4, -0.2) is 30.9 Å². The predicted octanol–water partition coefficient (Wildman–Crippen LogP) is 3.58. The number of alkyl halides is 3. The molecule has 0 saturated carbocycles. The first kappa shape index (κ1) is 20.1. The molecule has 0 aliphatic rings. The van der Waals surface area contributed by atoms with Gasteiger partial charge in [0.15, 0.2) is 11.5 Å². The highest BCUT2D eigenvalue weighted by atomic mass is 19.4. The Morgan fingerprint density at radius 2 is 1.70 bits per heavy atom. The minimum absolute atomic E-state index is 0.0103. The number of rotatable bonds is 5. The molecule has 0 aromatic heterocycles. The van der Waals surface area contributed by atoms with Gasteiger partial charge in [0.2, 0.25) is 5.75 Å². The third-order valence-electron chi connectivity index (χ3n) is 3.71. The van der Waals surface area contributed by atoms with Crippen molar-refractivity contribution in [2.45, 2.75) is 13.1 Å². The maximum absolute atomic E-state index is 12.6. The summed E-state index contributed by atoms with van der Waals surface area (Å²) in [4.78, 5) is 12.0. The molecule has 0 aliphatic carbocycles. The van der Waals surface area contributed by atoms with Crippen molar-refractivity contribution < 1.29 is 32.5 Å². The molecule has 0 aliphatic heterocycles. The summed E-state index contributed by atoms with van der Waals surface area (Å²) in [7, 11) is 2.78. The van der Waals surface area contributed by atoms with Gasteiger partial charge < -0.3 is 14.6 Å². The zero-order valence-corrected chi connectivity index (χ0v) is 14.7. The summed E-state index contributed by atoms with van der Waals surface area (Å²) >= 11 is 0. The highest BCUT2D eigenvalue weighted by molar-refractivity contribution is 6.03. The van der Waals surface area contributed by atoms with Crippen molar-refractivity contribution in [1.82, 2.24) is 5.43 Å². The lowest BCUT2D eigenvalue weighted by atomic mass is 10.1. The quantitative estimate of drug-likeness (QED) is 0.612. The molecular weight excluding hydrogens is 365 g/mol. The number of methoxy groups -OCH3 is 2. The molecule has 144 valence electrons. The Bertz CT molecular complexity index is 862. The van der Waals surface area contributed by atoms with E-state index in [1.165, 1.54) is 27.2 Å². The van der Waals surface area contributed by atoms with Crippen LogP contribution in [0.15, 0.2) is 41.5 Å². The van der Waals surface area contributed by atoms with Gasteiger partial charge in [0.05, 0.1) is 25.5 Å². The first-order valence-electron chi connectivity index (χ1n) is 7.65. The fourth-order valence-electron chi connectivity index (χ4n) is 2.27. The van der Waals surface area contributed by atoms with E-state index >= 15 is 0 Å². The number of halogens is 3. The molecule has 0 heterocycles. The van der Waals surface area contributed by atoms with Crippen LogP contribution < -0.4 is 14.9 Å². The third-order valence-corrected chi connectivity index (χ3v) is 3.71. The SMILES string of the molecule is COc1ccc(/C(C)=N/NC(=O)c2ccc(C(F)(F)F)cc2)c(O)c1OC. The smallest absolute Gasteiger partial charge is 0.416 e. The highest BCUT2D eigenvalue weighted by Crippen LogP contribution is 2.39. The van der Waals surface area contributed by atoms with Crippen LogP contribution >= 0.6 is 0 Å². The molecule has 2 aromatic carbocycles. The van der Waals surface area contributed by atoms with Crippen LogP contribution in [0.5, 0.6) is 17.2 Å². The maximum atomic E-state index is 12.6. The zero-order chi connectivity index (χ0) is 20.2. The fourth-order valence-corrected chi connectivity index (χ4v) is 2.27. The first-order valence-corrected chi connectivity index (χ1v) is 7.65. The van der Waals surface area contributed by atoms with E-state index in [2.05, 4.69) is 10.5 Å². The van der Waals surface area contributed by atoms with Crippen molar-refractivity contribution >= 4 is 11.6 Å². The van der Waals surface area contributed by atoms with Gasteiger partial charge in [-0.15, -0.1) is 0 Å². The number of hydrogen-bond acceptors (Lipinski definition) is 5. The molecule has 2 N–H and O–H groups in total. The number of hydrogen-bond donors (Lipinski definition) is 2. The zero-order valence-electron chi connectivity index (χ0n) is 14.7. The Morgan fingerprint density at radius 1 is 1.07 bits per heavy atom. The van der Waals surface area contributed by atoms with E-state index < -0.39 is 17.6 Å². The van der Waals surface area contributed by atoms with Gasteiger partial charge in [0, 0.05) is 11.1 Å². The Hall–Kier alpha value is -3.23. The van der Waals surface area contributed by atoms with Gasteiger partial charge in [-0.1, -0.05) is 0 Å². The number of aromatic hydroxyl groups is 1. The summed E-state index contributed by atoms with van der Waals surface area (Å²) in [5.74, 6) is -0.483. The van der Waals surface area contributed by atoms with E-state index in [1.807, 2.05) is 0 Å². The van der Waals surface area contributed by atoms with Crippen molar-refractivity contribution in [3.8, 4) is 17.2 Å². The summed E-state index contributed by atoms with van der Waals surface area (Å²) in [5, 5.41) is 14.1. The Balaban J connectivity index is 2.19. The molecule has 0 bridgehead atoms. The molecule has 0 atom stereocenters. The van der Waals surface area contributed by atoms with Crippen LogP contribution in [0.4, 0.5) is 13.2 Å². The lowest BCUT2D eigenvalue weighted by Gasteiger charge is -2.12. The average molecular weight is 382 g/mol. The molecule has 0 saturated heterocycles. The van der Waals surface area contributed by atoms with Gasteiger partial charge in [-0.05, 0) is 43.3 Å². The summed E-state index contributed by atoms with van der Waals surface area (Å²) in [5.41, 5.74) is 1.94. The number of hydrazone groups is 1. The fraction of sp³-hybridized carbons (Fsp3) is 0.222. The molecule has 27 heavy (non-hydrogen) atoms. The van der Waals surface area contributed by atoms with E-state index in [9.17, 15) is 23.1 Å². The van der Waals surface area contributed by atoms with Gasteiger partial charge in [0.1, 0.15) is 0 Å². The number of nitrogens with one attached hydrogen (secondary N) is 1. The standard InChI is InChI=1S/C18H17F3N2O4/c1-10(13-8-9-14(26-2)16(27-3)15(13)24)22-23-17(25)11-4-6-12(7-5-11)18(19,20)21/h4-9,24H,1-3H3,(H,23,25)/b22-10+. The number of nitrogens with zero attached hydrogens (tertiary/aromatic N) is 1. The van der Waals surface area contributed by atoms with Gasteiger partial charge in [-0.3, -0.25) is 4.79 Å². The summed E-state index contributed by atoms with van der Waals surface area (Å²) in [6, 6.07) is 6.81. The van der Waals surface area contributed by atoms with E-state index in [1.54, 1.807) is 6.07 Å². The molecule has 2 aromatic rings.